The number of phenolic OH excluding ortho intramolecular Hbond substituents is 1. The van der Waals surface area contributed by atoms with Gasteiger partial charge >= 0.3 is 0 Å². The van der Waals surface area contributed by atoms with E-state index in [0.29, 0.717) is 17.1 Å². The van der Waals surface area contributed by atoms with Crippen LogP contribution in [-0.4, -0.2) is 30.9 Å². The highest BCUT2D eigenvalue weighted by atomic mass is 16.5. The SMILES string of the molecule is COc1ccc(/C=N/NC(=O)COc2ccc(C(C)(C)CC(C)(C)C)cc2)cc1O. The van der Waals surface area contributed by atoms with E-state index < -0.39 is 0 Å². The number of hydrogen-bond donors (Lipinski definition) is 2. The first-order valence-electron chi connectivity index (χ1n) is 9.92. The summed E-state index contributed by atoms with van der Waals surface area (Å²) in [4.78, 5) is 11.9. The molecule has 0 aliphatic heterocycles. The van der Waals surface area contributed by atoms with Crippen LogP contribution in [0.1, 0.15) is 52.2 Å². The molecule has 0 spiro atoms. The van der Waals surface area contributed by atoms with E-state index in [0.717, 1.165) is 6.42 Å². The van der Waals surface area contributed by atoms with Crippen LogP contribution in [0.4, 0.5) is 0 Å². The number of nitrogens with zero attached hydrogens (tertiary/aromatic N) is 1. The van der Waals surface area contributed by atoms with Gasteiger partial charge in [-0.2, -0.15) is 5.10 Å². The fourth-order valence-corrected chi connectivity index (χ4v) is 3.58. The van der Waals surface area contributed by atoms with Gasteiger partial charge in [-0.05, 0) is 58.7 Å². The monoisotopic (exact) mass is 412 g/mol. The Kier molecular flexibility index (Phi) is 7.48. The van der Waals surface area contributed by atoms with E-state index in [1.54, 1.807) is 12.1 Å². The van der Waals surface area contributed by atoms with Crippen LogP contribution in [-0.2, 0) is 10.2 Å². The number of methoxy groups -OCH3 is 1. The summed E-state index contributed by atoms with van der Waals surface area (Å²) in [5.74, 6) is 0.633. The molecule has 0 saturated carbocycles. The highest BCUT2D eigenvalue weighted by Gasteiger charge is 2.27. The molecule has 0 saturated heterocycles. The number of carbonyl (C=O) groups is 1. The van der Waals surface area contributed by atoms with Crippen LogP contribution in [0.25, 0.3) is 0 Å². The van der Waals surface area contributed by atoms with E-state index in [1.165, 1.54) is 25.0 Å². The summed E-state index contributed by atoms with van der Waals surface area (Å²) in [6, 6.07) is 12.7. The Balaban J connectivity index is 1.85. The van der Waals surface area contributed by atoms with Gasteiger partial charge in [0.2, 0.25) is 0 Å². The van der Waals surface area contributed by atoms with Crippen LogP contribution in [0.2, 0.25) is 0 Å². The molecular formula is C24H32N2O4. The second kappa shape index (κ2) is 9.65. The summed E-state index contributed by atoms with van der Waals surface area (Å²) in [6.07, 6.45) is 2.50. The first-order valence-corrected chi connectivity index (χ1v) is 9.92. The molecule has 0 unspecified atom stereocenters. The van der Waals surface area contributed by atoms with E-state index in [2.05, 4.69) is 45.1 Å². The van der Waals surface area contributed by atoms with Gasteiger partial charge in [-0.1, -0.05) is 46.8 Å². The second-order valence-electron chi connectivity index (χ2n) is 9.16. The third-order valence-electron chi connectivity index (χ3n) is 4.58. The number of aromatic hydroxyl groups is 1. The average molecular weight is 413 g/mol. The first-order chi connectivity index (χ1) is 14.0. The van der Waals surface area contributed by atoms with Crippen molar-refractivity contribution in [1.29, 1.82) is 0 Å². The molecule has 0 radical (unpaired) electrons. The molecule has 2 N–H and O–H groups in total. The van der Waals surface area contributed by atoms with Crippen molar-refractivity contribution < 1.29 is 19.4 Å². The molecule has 2 aromatic rings. The van der Waals surface area contributed by atoms with Crippen molar-refractivity contribution in [2.24, 2.45) is 10.5 Å². The standard InChI is InChI=1S/C24H32N2O4/c1-23(2,3)16-24(4,5)18-8-10-19(11-9-18)30-15-22(28)26-25-14-17-7-12-21(29-6)20(27)13-17/h7-14,27H,15-16H2,1-6H3,(H,26,28)/b25-14+. The quantitative estimate of drug-likeness (QED) is 0.489. The average Bonchev–Trinajstić information content (AvgIpc) is 2.65. The summed E-state index contributed by atoms with van der Waals surface area (Å²) < 4.78 is 10.5. The van der Waals surface area contributed by atoms with Gasteiger partial charge in [0.15, 0.2) is 18.1 Å². The van der Waals surface area contributed by atoms with Crippen molar-refractivity contribution in [3.63, 3.8) is 0 Å². The van der Waals surface area contributed by atoms with Gasteiger partial charge in [-0.3, -0.25) is 4.79 Å². The topological polar surface area (TPSA) is 80.2 Å². The first kappa shape index (κ1) is 23.3. The molecule has 0 aliphatic rings. The Morgan fingerprint density at radius 3 is 2.33 bits per heavy atom. The van der Waals surface area contributed by atoms with E-state index in [1.807, 2.05) is 24.3 Å². The molecule has 0 aromatic heterocycles. The second-order valence-corrected chi connectivity index (χ2v) is 9.16. The number of rotatable bonds is 8. The van der Waals surface area contributed by atoms with E-state index in [4.69, 9.17) is 9.47 Å². The van der Waals surface area contributed by atoms with E-state index >= 15 is 0 Å². The molecule has 0 bridgehead atoms. The molecule has 0 heterocycles. The number of nitrogens with one attached hydrogen (secondary N) is 1. The molecule has 6 heteroatoms. The molecule has 1 amide bonds. The number of carbonyl (C=O) groups excluding carboxylic acids is 1. The summed E-state index contributed by atoms with van der Waals surface area (Å²) in [5.41, 5.74) is 4.56. The number of hydrazone groups is 1. The minimum atomic E-state index is -0.374. The Morgan fingerprint density at radius 2 is 1.77 bits per heavy atom. The molecule has 162 valence electrons. The van der Waals surface area contributed by atoms with Crippen molar-refractivity contribution in [2.75, 3.05) is 13.7 Å². The lowest BCUT2D eigenvalue weighted by Gasteiger charge is -2.33. The molecule has 0 fully saturated rings. The normalized spacial score (nSPS) is 12.1. The van der Waals surface area contributed by atoms with Crippen LogP contribution >= 0.6 is 0 Å². The van der Waals surface area contributed by atoms with Gasteiger partial charge in [0.1, 0.15) is 5.75 Å². The summed E-state index contributed by atoms with van der Waals surface area (Å²) in [7, 11) is 1.48. The number of benzene rings is 2. The van der Waals surface area contributed by atoms with Crippen molar-refractivity contribution in [3.05, 3.63) is 53.6 Å². The van der Waals surface area contributed by atoms with Crippen molar-refractivity contribution >= 4 is 12.1 Å². The maximum absolute atomic E-state index is 11.9. The van der Waals surface area contributed by atoms with Gasteiger partial charge in [0, 0.05) is 0 Å². The molecule has 2 aromatic carbocycles. The summed E-state index contributed by atoms with van der Waals surface area (Å²) in [5, 5.41) is 13.6. The van der Waals surface area contributed by atoms with Crippen molar-refractivity contribution in [2.45, 2.75) is 46.5 Å². The van der Waals surface area contributed by atoms with Crippen LogP contribution in [0.5, 0.6) is 17.2 Å². The van der Waals surface area contributed by atoms with Gasteiger partial charge in [-0.15, -0.1) is 0 Å². The number of hydrogen-bond acceptors (Lipinski definition) is 5. The highest BCUT2D eigenvalue weighted by molar-refractivity contribution is 5.83. The molecule has 0 aliphatic carbocycles. The predicted octanol–water partition coefficient (Wildman–Crippen LogP) is 4.64. The zero-order valence-corrected chi connectivity index (χ0v) is 18.7. The largest absolute Gasteiger partial charge is 0.504 e. The minimum Gasteiger partial charge on any atom is -0.504 e. The summed E-state index contributed by atoms with van der Waals surface area (Å²) >= 11 is 0. The molecule has 6 nitrogen and oxygen atoms in total. The van der Waals surface area contributed by atoms with Crippen LogP contribution in [0.15, 0.2) is 47.6 Å². The van der Waals surface area contributed by atoms with Crippen LogP contribution in [0, 0.1) is 5.41 Å². The van der Waals surface area contributed by atoms with E-state index in [9.17, 15) is 9.90 Å². The van der Waals surface area contributed by atoms with Crippen molar-refractivity contribution in [3.8, 4) is 17.2 Å². The third-order valence-corrected chi connectivity index (χ3v) is 4.58. The summed E-state index contributed by atoms with van der Waals surface area (Å²) in [6.45, 7) is 11.1. The molecule has 30 heavy (non-hydrogen) atoms. The molecule has 0 atom stereocenters. The third kappa shape index (κ3) is 7.10. The highest BCUT2D eigenvalue weighted by Crippen LogP contribution is 2.36. The van der Waals surface area contributed by atoms with Crippen LogP contribution < -0.4 is 14.9 Å². The smallest absolute Gasteiger partial charge is 0.277 e. The lowest BCUT2D eigenvalue weighted by atomic mass is 9.72. The Bertz CT molecular complexity index is 881. The molecular weight excluding hydrogens is 380 g/mol. The zero-order valence-electron chi connectivity index (χ0n) is 18.7. The number of phenols is 1. The fourth-order valence-electron chi connectivity index (χ4n) is 3.58. The lowest BCUT2D eigenvalue weighted by Crippen LogP contribution is -2.25. The predicted molar refractivity (Wildman–Crippen MR) is 119 cm³/mol. The Hall–Kier alpha value is -3.02. The minimum absolute atomic E-state index is 0.00485. The maximum Gasteiger partial charge on any atom is 0.277 e. The lowest BCUT2D eigenvalue weighted by molar-refractivity contribution is -0.123. The Labute approximate surface area is 178 Å². The zero-order chi connectivity index (χ0) is 22.4. The Morgan fingerprint density at radius 1 is 1.10 bits per heavy atom. The van der Waals surface area contributed by atoms with E-state index in [-0.39, 0.29) is 29.1 Å². The molecule has 2 rings (SSSR count). The maximum atomic E-state index is 11.9. The van der Waals surface area contributed by atoms with Gasteiger partial charge in [-0.25, -0.2) is 5.43 Å². The van der Waals surface area contributed by atoms with Crippen LogP contribution in [0.3, 0.4) is 0 Å². The van der Waals surface area contributed by atoms with Crippen molar-refractivity contribution in [1.82, 2.24) is 5.43 Å². The van der Waals surface area contributed by atoms with Gasteiger partial charge in [0.25, 0.3) is 5.91 Å². The number of amides is 1. The van der Waals surface area contributed by atoms with Gasteiger partial charge in [0.05, 0.1) is 13.3 Å². The number of ether oxygens (including phenoxy) is 2. The van der Waals surface area contributed by atoms with Gasteiger partial charge < -0.3 is 14.6 Å². The fraction of sp³-hybridized carbons (Fsp3) is 0.417.